The molecule has 0 saturated carbocycles. The van der Waals surface area contributed by atoms with Crippen LogP contribution in [-0.2, 0) is 19.1 Å². The van der Waals surface area contributed by atoms with Gasteiger partial charge in [0.05, 0.1) is 0 Å². The van der Waals surface area contributed by atoms with E-state index in [1.54, 1.807) is 0 Å². The Morgan fingerprint density at radius 3 is 1.21 bits per heavy atom. The summed E-state index contributed by atoms with van der Waals surface area (Å²) in [6.07, 6.45) is 0. The average molecular weight is 551 g/mol. The first-order valence-corrected chi connectivity index (χ1v) is 14.4. The first kappa shape index (κ1) is 26.0. The van der Waals surface area contributed by atoms with Crippen LogP contribution in [0.5, 0.6) is 0 Å². The lowest BCUT2D eigenvalue weighted by Crippen LogP contribution is -2.28. The molecule has 206 valence electrons. The molecule has 0 saturated heterocycles. The van der Waals surface area contributed by atoms with Gasteiger partial charge in [0.1, 0.15) is 13.2 Å². The van der Waals surface area contributed by atoms with E-state index in [1.807, 2.05) is 79.7 Å². The summed E-state index contributed by atoms with van der Waals surface area (Å²) < 4.78 is 11.9. The molecule has 0 atom stereocenters. The molecule has 0 radical (unpaired) electrons. The Kier molecular flexibility index (Phi) is 6.67. The van der Waals surface area contributed by atoms with Crippen molar-refractivity contribution in [3.63, 3.8) is 0 Å². The van der Waals surface area contributed by atoms with Crippen molar-refractivity contribution in [2.45, 2.75) is 24.7 Å². The second-order valence-corrected chi connectivity index (χ2v) is 11.1. The van der Waals surface area contributed by atoms with Gasteiger partial charge in [-0.25, -0.2) is 0 Å². The van der Waals surface area contributed by atoms with Crippen molar-refractivity contribution in [2.75, 3.05) is 13.2 Å². The molecule has 5 aromatic carbocycles. The summed E-state index contributed by atoms with van der Waals surface area (Å²) in [7, 11) is 0. The number of carbonyl (C=O) groups excluding carboxylic acids is 2. The maximum Gasteiger partial charge on any atom is 0.324 e. The zero-order valence-electron chi connectivity index (χ0n) is 23.3. The molecule has 0 spiro atoms. The van der Waals surface area contributed by atoms with Crippen molar-refractivity contribution in [1.29, 1.82) is 0 Å². The minimum Gasteiger partial charge on any atom is -0.464 e. The predicted octanol–water partition coefficient (Wildman–Crippen LogP) is 7.79. The van der Waals surface area contributed by atoms with E-state index in [-0.39, 0.29) is 25.0 Å². The van der Waals surface area contributed by atoms with Crippen LogP contribution in [0.3, 0.4) is 0 Å². The van der Waals surface area contributed by atoms with Crippen LogP contribution in [0, 0.1) is 6.92 Å². The normalized spacial score (nSPS) is 13.3. The summed E-state index contributed by atoms with van der Waals surface area (Å²) in [4.78, 5) is 27.4. The Bertz CT molecular complexity index is 1600. The second kappa shape index (κ2) is 10.8. The van der Waals surface area contributed by atoms with Crippen molar-refractivity contribution in [3.05, 3.63) is 155 Å². The van der Waals surface area contributed by atoms with Crippen LogP contribution < -0.4 is 0 Å². The molecule has 0 bridgehead atoms. The minimum absolute atomic E-state index is 0.0949. The fraction of sp³-hybridized carbons (Fsp3) is 0.158. The highest BCUT2D eigenvalue weighted by Gasteiger charge is 2.36. The summed E-state index contributed by atoms with van der Waals surface area (Å²) in [5.74, 6) is -2.56. The lowest BCUT2D eigenvalue weighted by molar-refractivity contribution is -0.157. The van der Waals surface area contributed by atoms with Gasteiger partial charge in [-0.05, 0) is 57.0 Å². The van der Waals surface area contributed by atoms with Gasteiger partial charge >= 0.3 is 11.9 Å². The summed E-state index contributed by atoms with van der Waals surface area (Å²) in [5, 5.41) is 0. The van der Waals surface area contributed by atoms with Crippen LogP contribution in [-0.4, -0.2) is 25.2 Å². The zero-order chi connectivity index (χ0) is 28.6. The lowest BCUT2D eigenvalue weighted by Gasteiger charge is -2.20. The standard InChI is InChI=1S/C38H30O4/c1-24-18-20-25(21-19-24)36(37(39)41-22-34-30-14-6-2-10-26(30)27-11-3-7-15-31(27)34)38(40)42-23-35-32-16-8-4-12-28(32)29-13-5-9-17-33(29)35/h2-21,34-36H,22-23H2,1H3. The number of carbonyl (C=O) groups is 2. The van der Waals surface area contributed by atoms with Crippen molar-refractivity contribution in [1.82, 2.24) is 0 Å². The van der Waals surface area contributed by atoms with Crippen molar-refractivity contribution >= 4 is 11.9 Å². The van der Waals surface area contributed by atoms with Gasteiger partial charge in [0, 0.05) is 11.8 Å². The molecule has 0 amide bonds. The number of esters is 2. The highest BCUT2D eigenvalue weighted by Crippen LogP contribution is 2.46. The summed E-state index contributed by atoms with van der Waals surface area (Å²) in [6, 6.07) is 40.2. The van der Waals surface area contributed by atoms with E-state index in [9.17, 15) is 9.59 Å². The highest BCUT2D eigenvalue weighted by atomic mass is 16.6. The van der Waals surface area contributed by atoms with Gasteiger partial charge in [-0.1, -0.05) is 127 Å². The fourth-order valence-electron chi connectivity index (χ4n) is 6.50. The smallest absolute Gasteiger partial charge is 0.324 e. The topological polar surface area (TPSA) is 52.6 Å². The average Bonchev–Trinajstić information content (AvgIpc) is 3.52. The van der Waals surface area contributed by atoms with Gasteiger partial charge < -0.3 is 9.47 Å². The van der Waals surface area contributed by atoms with Gasteiger partial charge in [-0.2, -0.15) is 0 Å². The van der Waals surface area contributed by atoms with Crippen LogP contribution in [0.4, 0.5) is 0 Å². The third kappa shape index (κ3) is 4.50. The molecular formula is C38H30O4. The summed E-state index contributed by atoms with van der Waals surface area (Å²) >= 11 is 0. The maximum absolute atomic E-state index is 13.7. The molecule has 7 rings (SSSR count). The SMILES string of the molecule is Cc1ccc(C(C(=O)OCC2c3ccccc3-c3ccccc32)C(=O)OCC2c3ccccc3-c3ccccc32)cc1. The molecule has 0 heterocycles. The molecule has 0 aliphatic heterocycles. The molecule has 2 aliphatic rings. The lowest BCUT2D eigenvalue weighted by atomic mass is 9.96. The van der Waals surface area contributed by atoms with Crippen LogP contribution >= 0.6 is 0 Å². The summed E-state index contributed by atoms with van der Waals surface area (Å²) in [6.45, 7) is 2.26. The van der Waals surface area contributed by atoms with Crippen molar-refractivity contribution in [2.24, 2.45) is 0 Å². The van der Waals surface area contributed by atoms with Gasteiger partial charge in [0.15, 0.2) is 5.92 Å². The number of rotatable bonds is 7. The highest BCUT2D eigenvalue weighted by molar-refractivity contribution is 6.01. The van der Waals surface area contributed by atoms with E-state index in [2.05, 4.69) is 48.5 Å². The van der Waals surface area contributed by atoms with E-state index in [1.165, 1.54) is 0 Å². The molecule has 4 heteroatoms. The Balaban J connectivity index is 1.13. The van der Waals surface area contributed by atoms with Gasteiger partial charge in [0.25, 0.3) is 0 Å². The van der Waals surface area contributed by atoms with Crippen molar-refractivity contribution < 1.29 is 19.1 Å². The first-order chi connectivity index (χ1) is 20.6. The molecular weight excluding hydrogens is 520 g/mol. The van der Waals surface area contributed by atoms with Crippen LogP contribution in [0.15, 0.2) is 121 Å². The van der Waals surface area contributed by atoms with Gasteiger partial charge in [0.2, 0.25) is 0 Å². The maximum atomic E-state index is 13.7. The van der Waals surface area contributed by atoms with E-state index in [4.69, 9.17) is 9.47 Å². The van der Waals surface area contributed by atoms with Crippen molar-refractivity contribution in [3.8, 4) is 22.3 Å². The number of fused-ring (bicyclic) bond motifs is 6. The van der Waals surface area contributed by atoms with Crippen LogP contribution in [0.2, 0.25) is 0 Å². The van der Waals surface area contributed by atoms with E-state index in [0.29, 0.717) is 5.56 Å². The van der Waals surface area contributed by atoms with Gasteiger partial charge in [-0.3, -0.25) is 9.59 Å². The third-order valence-corrected chi connectivity index (χ3v) is 8.59. The molecule has 0 unspecified atom stereocenters. The molecule has 2 aliphatic carbocycles. The Morgan fingerprint density at radius 1 is 0.524 bits per heavy atom. The molecule has 0 aromatic heterocycles. The molecule has 42 heavy (non-hydrogen) atoms. The number of hydrogen-bond acceptors (Lipinski definition) is 4. The number of benzene rings is 5. The number of aryl methyl sites for hydroxylation is 1. The molecule has 0 N–H and O–H groups in total. The minimum atomic E-state index is -1.18. The monoisotopic (exact) mass is 550 g/mol. The third-order valence-electron chi connectivity index (χ3n) is 8.59. The Hall–Kier alpha value is -4.96. The Labute approximate surface area is 245 Å². The summed E-state index contributed by atoms with van der Waals surface area (Å²) in [5.41, 5.74) is 10.7. The van der Waals surface area contributed by atoms with E-state index < -0.39 is 17.9 Å². The number of hydrogen-bond donors (Lipinski definition) is 0. The first-order valence-electron chi connectivity index (χ1n) is 14.4. The molecule has 0 fully saturated rings. The van der Waals surface area contributed by atoms with Gasteiger partial charge in [-0.15, -0.1) is 0 Å². The molecule has 5 aromatic rings. The fourth-order valence-corrected chi connectivity index (χ4v) is 6.50. The number of ether oxygens (including phenoxy) is 2. The van der Waals surface area contributed by atoms with Crippen LogP contribution in [0.1, 0.15) is 51.1 Å². The largest absolute Gasteiger partial charge is 0.464 e. The molecule has 4 nitrogen and oxygen atoms in total. The van der Waals surface area contributed by atoms with Crippen LogP contribution in [0.25, 0.3) is 22.3 Å². The zero-order valence-corrected chi connectivity index (χ0v) is 23.3. The predicted molar refractivity (Wildman–Crippen MR) is 163 cm³/mol. The van der Waals surface area contributed by atoms with E-state index in [0.717, 1.165) is 50.1 Å². The Morgan fingerprint density at radius 2 is 0.857 bits per heavy atom. The van der Waals surface area contributed by atoms with E-state index >= 15 is 0 Å². The second-order valence-electron chi connectivity index (χ2n) is 11.1. The quantitative estimate of drug-likeness (QED) is 0.153.